The highest BCUT2D eigenvalue weighted by molar-refractivity contribution is 7.10. The second kappa shape index (κ2) is 5.86. The summed E-state index contributed by atoms with van der Waals surface area (Å²) in [6.07, 6.45) is 7.33. The van der Waals surface area contributed by atoms with E-state index < -0.39 is 0 Å². The maximum absolute atomic E-state index is 5.32. The molecule has 122 valence electrons. The predicted octanol–water partition coefficient (Wildman–Crippen LogP) is 4.19. The Hall–Kier alpha value is -2.93. The fraction of sp³-hybridized carbons (Fsp3) is 0.167. The third-order valence-corrected chi connectivity index (χ3v) is 5.08. The summed E-state index contributed by atoms with van der Waals surface area (Å²) in [4.78, 5) is 17.4. The van der Waals surface area contributed by atoms with Gasteiger partial charge in [-0.1, -0.05) is 23.4 Å². The van der Waals surface area contributed by atoms with Gasteiger partial charge in [-0.2, -0.15) is 4.98 Å². The minimum absolute atomic E-state index is 0.359. The Labute approximate surface area is 147 Å². The van der Waals surface area contributed by atoms with E-state index in [9.17, 15) is 0 Å². The molecule has 0 saturated heterocycles. The van der Waals surface area contributed by atoms with E-state index in [1.54, 1.807) is 29.9 Å². The van der Waals surface area contributed by atoms with Crippen LogP contribution in [0.3, 0.4) is 0 Å². The zero-order valence-electron chi connectivity index (χ0n) is 13.2. The second-order valence-corrected chi connectivity index (χ2v) is 6.83. The van der Waals surface area contributed by atoms with Gasteiger partial charge in [0, 0.05) is 34.8 Å². The molecule has 6 nitrogen and oxygen atoms in total. The maximum Gasteiger partial charge on any atom is 0.278 e. The molecular formula is C18H13N5OS. The molecule has 5 rings (SSSR count). The van der Waals surface area contributed by atoms with Crippen molar-refractivity contribution < 1.29 is 4.52 Å². The SMILES string of the molecule is c1cc(-c2csc(C3CC3)n2)cc(-c2noc(-c3cnccn3)n2)c1. The standard InChI is InChI=1S/C18H13N5OS/c1-2-12(15-10-25-18(21-15)11-4-5-11)8-13(3-1)16-22-17(24-23-16)14-9-19-6-7-20-14/h1-3,6-11H,4-5H2. The number of benzene rings is 1. The first-order chi connectivity index (χ1) is 12.4. The van der Waals surface area contributed by atoms with Crippen LogP contribution in [0.15, 0.2) is 52.8 Å². The van der Waals surface area contributed by atoms with Crippen molar-refractivity contribution in [3.63, 3.8) is 0 Å². The van der Waals surface area contributed by atoms with E-state index in [-0.39, 0.29) is 0 Å². The van der Waals surface area contributed by atoms with Gasteiger partial charge in [-0.15, -0.1) is 11.3 Å². The van der Waals surface area contributed by atoms with Gasteiger partial charge < -0.3 is 4.52 Å². The Bertz CT molecular complexity index is 1020. The molecule has 0 aliphatic heterocycles. The molecule has 0 atom stereocenters. The van der Waals surface area contributed by atoms with E-state index in [1.807, 2.05) is 18.2 Å². The van der Waals surface area contributed by atoms with Gasteiger partial charge in [0.25, 0.3) is 5.89 Å². The molecule has 1 aliphatic carbocycles. The van der Waals surface area contributed by atoms with Crippen LogP contribution in [0.5, 0.6) is 0 Å². The van der Waals surface area contributed by atoms with Crippen LogP contribution < -0.4 is 0 Å². The van der Waals surface area contributed by atoms with Gasteiger partial charge in [-0.05, 0) is 18.9 Å². The van der Waals surface area contributed by atoms with E-state index in [0.717, 1.165) is 16.8 Å². The van der Waals surface area contributed by atoms with Gasteiger partial charge in [0.05, 0.1) is 16.9 Å². The third-order valence-electron chi connectivity index (χ3n) is 4.07. The van der Waals surface area contributed by atoms with Gasteiger partial charge in [-0.25, -0.2) is 9.97 Å². The Morgan fingerprint density at radius 2 is 1.96 bits per heavy atom. The molecule has 4 aromatic rings. The molecule has 3 heterocycles. The van der Waals surface area contributed by atoms with Gasteiger partial charge in [-0.3, -0.25) is 4.98 Å². The van der Waals surface area contributed by atoms with E-state index in [0.29, 0.717) is 23.3 Å². The quantitative estimate of drug-likeness (QED) is 0.551. The van der Waals surface area contributed by atoms with E-state index in [1.165, 1.54) is 17.8 Å². The highest BCUT2D eigenvalue weighted by atomic mass is 32.1. The fourth-order valence-corrected chi connectivity index (χ4v) is 3.61. The number of hydrogen-bond donors (Lipinski definition) is 0. The van der Waals surface area contributed by atoms with Crippen LogP contribution in [0.1, 0.15) is 23.8 Å². The normalized spacial score (nSPS) is 13.9. The van der Waals surface area contributed by atoms with Crippen LogP contribution in [-0.2, 0) is 0 Å². The number of thiazole rings is 1. The summed E-state index contributed by atoms with van der Waals surface area (Å²) in [7, 11) is 0. The number of nitrogens with zero attached hydrogens (tertiary/aromatic N) is 5. The predicted molar refractivity (Wildman–Crippen MR) is 93.8 cm³/mol. The average molecular weight is 347 g/mol. The smallest absolute Gasteiger partial charge is 0.278 e. The van der Waals surface area contributed by atoms with Crippen molar-refractivity contribution in [1.82, 2.24) is 25.1 Å². The van der Waals surface area contributed by atoms with Crippen LogP contribution in [-0.4, -0.2) is 25.1 Å². The van der Waals surface area contributed by atoms with Crippen molar-refractivity contribution in [1.29, 1.82) is 0 Å². The molecule has 1 aliphatic rings. The molecule has 0 radical (unpaired) electrons. The Balaban J connectivity index is 1.47. The summed E-state index contributed by atoms with van der Waals surface area (Å²) in [5.41, 5.74) is 3.52. The molecule has 0 bridgehead atoms. The van der Waals surface area contributed by atoms with Crippen LogP contribution >= 0.6 is 11.3 Å². The van der Waals surface area contributed by atoms with Gasteiger partial charge in [0.1, 0.15) is 5.69 Å². The maximum atomic E-state index is 5.32. The van der Waals surface area contributed by atoms with Crippen molar-refractivity contribution in [2.45, 2.75) is 18.8 Å². The van der Waals surface area contributed by atoms with Crippen molar-refractivity contribution >= 4 is 11.3 Å². The van der Waals surface area contributed by atoms with Crippen LogP contribution in [0, 0.1) is 0 Å². The highest BCUT2D eigenvalue weighted by Crippen LogP contribution is 2.42. The molecule has 7 heteroatoms. The summed E-state index contributed by atoms with van der Waals surface area (Å²) < 4.78 is 5.32. The first-order valence-electron chi connectivity index (χ1n) is 8.03. The molecule has 0 unspecified atom stereocenters. The summed E-state index contributed by atoms with van der Waals surface area (Å²) in [6.45, 7) is 0. The Morgan fingerprint density at radius 3 is 2.80 bits per heavy atom. The molecule has 1 saturated carbocycles. The number of rotatable bonds is 4. The summed E-state index contributed by atoms with van der Waals surface area (Å²) >= 11 is 1.74. The van der Waals surface area contributed by atoms with Crippen molar-refractivity contribution in [2.75, 3.05) is 0 Å². The molecule has 1 aromatic carbocycles. The first kappa shape index (κ1) is 14.4. The Kier molecular flexibility index (Phi) is 3.38. The van der Waals surface area contributed by atoms with E-state index in [4.69, 9.17) is 9.51 Å². The zero-order chi connectivity index (χ0) is 16.6. The van der Waals surface area contributed by atoms with Crippen LogP contribution in [0.2, 0.25) is 0 Å². The molecule has 0 N–H and O–H groups in total. The zero-order valence-corrected chi connectivity index (χ0v) is 14.0. The second-order valence-electron chi connectivity index (χ2n) is 5.94. The van der Waals surface area contributed by atoms with E-state index >= 15 is 0 Å². The van der Waals surface area contributed by atoms with Crippen molar-refractivity contribution in [3.05, 3.63) is 53.2 Å². The molecule has 1 fully saturated rings. The summed E-state index contributed by atoms with van der Waals surface area (Å²) in [5, 5.41) is 7.43. The Morgan fingerprint density at radius 1 is 1.04 bits per heavy atom. The lowest BCUT2D eigenvalue weighted by Crippen LogP contribution is -1.86. The van der Waals surface area contributed by atoms with E-state index in [2.05, 4.69) is 31.6 Å². The van der Waals surface area contributed by atoms with Crippen LogP contribution in [0.25, 0.3) is 34.2 Å². The first-order valence-corrected chi connectivity index (χ1v) is 8.91. The summed E-state index contributed by atoms with van der Waals surface area (Å²) in [6, 6.07) is 8.04. The fourth-order valence-electron chi connectivity index (χ4n) is 2.61. The third kappa shape index (κ3) is 2.83. The number of aromatic nitrogens is 5. The lowest BCUT2D eigenvalue weighted by molar-refractivity contribution is 0.431. The topological polar surface area (TPSA) is 77.6 Å². The molecular weight excluding hydrogens is 334 g/mol. The lowest BCUT2D eigenvalue weighted by atomic mass is 10.1. The summed E-state index contributed by atoms with van der Waals surface area (Å²) in [5.74, 6) is 1.56. The van der Waals surface area contributed by atoms with Gasteiger partial charge >= 0.3 is 0 Å². The largest absolute Gasteiger partial charge is 0.332 e. The number of hydrogen-bond acceptors (Lipinski definition) is 7. The van der Waals surface area contributed by atoms with Gasteiger partial charge in [0.15, 0.2) is 0 Å². The minimum Gasteiger partial charge on any atom is -0.332 e. The highest BCUT2D eigenvalue weighted by Gasteiger charge is 2.26. The average Bonchev–Trinajstić information content (AvgIpc) is 3.21. The molecule has 0 amide bonds. The van der Waals surface area contributed by atoms with Crippen molar-refractivity contribution in [2.24, 2.45) is 0 Å². The minimum atomic E-state index is 0.359. The van der Waals surface area contributed by atoms with Crippen molar-refractivity contribution in [3.8, 4) is 34.2 Å². The monoisotopic (exact) mass is 347 g/mol. The molecule has 25 heavy (non-hydrogen) atoms. The lowest BCUT2D eigenvalue weighted by Gasteiger charge is -1.99. The molecule has 3 aromatic heterocycles. The molecule has 0 spiro atoms. The van der Waals surface area contributed by atoms with Gasteiger partial charge in [0.2, 0.25) is 5.82 Å². The van der Waals surface area contributed by atoms with Crippen LogP contribution in [0.4, 0.5) is 0 Å².